The van der Waals surface area contributed by atoms with E-state index in [-0.39, 0.29) is 49.1 Å². The first-order valence-electron chi connectivity index (χ1n) is 10.0. The first-order chi connectivity index (χ1) is 15.1. The van der Waals surface area contributed by atoms with Gasteiger partial charge in [0, 0.05) is 11.9 Å². The number of halogens is 4. The standard InChI is InChI=1S/C20H17ClF3N3O5/c21-15-12-7-11(10-1-2-10)8-13(20(22,23)24)16(12)32-17(15)18(29)25-3-4-26(14(28)9-25)27-5-6-31-19(27)30/h7-8,10H,1-6,9H2. The van der Waals surface area contributed by atoms with Crippen LogP contribution in [0, 0.1) is 0 Å². The van der Waals surface area contributed by atoms with Gasteiger partial charge in [0.15, 0.2) is 0 Å². The molecule has 12 heteroatoms. The number of fused-ring (bicyclic) bond motifs is 1. The van der Waals surface area contributed by atoms with Gasteiger partial charge in [-0.2, -0.15) is 13.2 Å². The maximum absolute atomic E-state index is 13.7. The molecule has 2 aromatic rings. The third kappa shape index (κ3) is 3.44. The van der Waals surface area contributed by atoms with E-state index in [0.29, 0.717) is 5.56 Å². The van der Waals surface area contributed by atoms with Crippen molar-refractivity contribution >= 4 is 40.5 Å². The van der Waals surface area contributed by atoms with Crippen LogP contribution in [0.15, 0.2) is 16.5 Å². The van der Waals surface area contributed by atoms with Crippen molar-refractivity contribution in [3.63, 3.8) is 0 Å². The van der Waals surface area contributed by atoms with Gasteiger partial charge in [0.1, 0.15) is 18.7 Å². The minimum atomic E-state index is -4.68. The van der Waals surface area contributed by atoms with E-state index in [1.165, 1.54) is 11.1 Å². The van der Waals surface area contributed by atoms with Crippen LogP contribution in [0.3, 0.4) is 0 Å². The summed E-state index contributed by atoms with van der Waals surface area (Å²) in [5.41, 5.74) is -0.973. The number of piperazine rings is 1. The minimum absolute atomic E-state index is 0.0246. The summed E-state index contributed by atoms with van der Waals surface area (Å²) >= 11 is 6.30. The summed E-state index contributed by atoms with van der Waals surface area (Å²) in [6.07, 6.45) is -3.75. The van der Waals surface area contributed by atoms with Crippen molar-refractivity contribution in [2.75, 3.05) is 32.8 Å². The summed E-state index contributed by atoms with van der Waals surface area (Å²) in [6, 6.07) is 2.58. The van der Waals surface area contributed by atoms with Crippen molar-refractivity contribution in [1.82, 2.24) is 14.9 Å². The maximum atomic E-state index is 13.7. The number of carbonyl (C=O) groups excluding carboxylic acids is 3. The van der Waals surface area contributed by atoms with E-state index in [4.69, 9.17) is 20.8 Å². The van der Waals surface area contributed by atoms with Crippen LogP contribution < -0.4 is 0 Å². The molecule has 170 valence electrons. The molecule has 0 N–H and O–H groups in total. The van der Waals surface area contributed by atoms with Crippen LogP contribution in [-0.4, -0.2) is 65.6 Å². The van der Waals surface area contributed by atoms with Gasteiger partial charge in [0.2, 0.25) is 5.76 Å². The van der Waals surface area contributed by atoms with Crippen molar-refractivity contribution in [2.45, 2.75) is 24.9 Å². The number of rotatable bonds is 3. The quantitative estimate of drug-likeness (QED) is 0.682. The fourth-order valence-corrected chi connectivity index (χ4v) is 4.29. The van der Waals surface area contributed by atoms with Crippen LogP contribution in [0.25, 0.3) is 11.0 Å². The van der Waals surface area contributed by atoms with Gasteiger partial charge < -0.3 is 14.1 Å². The molecule has 3 fully saturated rings. The summed E-state index contributed by atoms with van der Waals surface area (Å²) in [7, 11) is 0. The number of hydrazine groups is 1. The number of amides is 3. The van der Waals surface area contributed by atoms with Gasteiger partial charge in [-0.25, -0.2) is 14.8 Å². The number of furan rings is 1. The lowest BCUT2D eigenvalue weighted by atomic mass is 10.0. The normalized spacial score (nSPS) is 19.8. The molecule has 3 amide bonds. The van der Waals surface area contributed by atoms with E-state index in [9.17, 15) is 27.6 Å². The van der Waals surface area contributed by atoms with E-state index in [2.05, 4.69) is 0 Å². The number of cyclic esters (lactones) is 1. The SMILES string of the molecule is O=C(c1oc2c(C(F)(F)F)cc(C3CC3)cc2c1Cl)N1CCN(N2CCOC2=O)C(=O)C1. The lowest BCUT2D eigenvalue weighted by Crippen LogP contribution is -2.58. The Kier molecular flexibility index (Phi) is 4.77. The number of benzene rings is 1. The highest BCUT2D eigenvalue weighted by atomic mass is 35.5. The Labute approximate surface area is 184 Å². The first kappa shape index (κ1) is 20.9. The molecule has 1 aliphatic carbocycles. The molecule has 8 nitrogen and oxygen atoms in total. The summed E-state index contributed by atoms with van der Waals surface area (Å²) in [5.74, 6) is -1.72. The van der Waals surface area contributed by atoms with Gasteiger partial charge in [-0.3, -0.25) is 9.59 Å². The topological polar surface area (TPSA) is 83.3 Å². The predicted molar refractivity (Wildman–Crippen MR) is 104 cm³/mol. The Balaban J connectivity index is 1.45. The van der Waals surface area contributed by atoms with Gasteiger partial charge >= 0.3 is 12.3 Å². The van der Waals surface area contributed by atoms with Crippen LogP contribution in [-0.2, 0) is 15.7 Å². The fourth-order valence-electron chi connectivity index (χ4n) is 4.03. The minimum Gasteiger partial charge on any atom is -0.449 e. The van der Waals surface area contributed by atoms with E-state index in [1.54, 1.807) is 0 Å². The Morgan fingerprint density at radius 1 is 1.09 bits per heavy atom. The van der Waals surface area contributed by atoms with E-state index in [1.807, 2.05) is 0 Å². The third-order valence-electron chi connectivity index (χ3n) is 5.81. The average molecular weight is 472 g/mol. The Hall–Kier alpha value is -2.95. The molecule has 0 bridgehead atoms. The highest BCUT2D eigenvalue weighted by Crippen LogP contribution is 2.46. The van der Waals surface area contributed by atoms with E-state index >= 15 is 0 Å². The zero-order chi connectivity index (χ0) is 22.8. The molecular formula is C20H17ClF3N3O5. The molecule has 1 saturated carbocycles. The Morgan fingerprint density at radius 2 is 1.84 bits per heavy atom. The molecule has 3 heterocycles. The molecule has 0 unspecified atom stereocenters. The molecule has 3 aliphatic rings. The van der Waals surface area contributed by atoms with Gasteiger partial charge in [0.25, 0.3) is 11.8 Å². The van der Waals surface area contributed by atoms with Crippen molar-refractivity contribution < 1.29 is 36.7 Å². The summed E-state index contributed by atoms with van der Waals surface area (Å²) in [6.45, 7) is 0.0650. The average Bonchev–Trinajstić information content (AvgIpc) is 3.43. The van der Waals surface area contributed by atoms with E-state index in [0.717, 1.165) is 28.8 Å². The highest BCUT2D eigenvalue weighted by Gasteiger charge is 2.40. The lowest BCUT2D eigenvalue weighted by molar-refractivity contribution is -0.148. The zero-order valence-corrected chi connectivity index (χ0v) is 17.3. The second-order valence-corrected chi connectivity index (χ2v) is 8.32. The molecule has 5 rings (SSSR count). The number of nitrogens with zero attached hydrogens (tertiary/aromatic N) is 3. The predicted octanol–water partition coefficient (Wildman–Crippen LogP) is 3.63. The summed E-state index contributed by atoms with van der Waals surface area (Å²) in [4.78, 5) is 38.4. The molecule has 0 radical (unpaired) electrons. The molecular weight excluding hydrogens is 455 g/mol. The molecule has 32 heavy (non-hydrogen) atoms. The molecule has 1 aromatic heterocycles. The smallest absolute Gasteiger partial charge is 0.429 e. The van der Waals surface area contributed by atoms with Crippen molar-refractivity contribution in [3.8, 4) is 0 Å². The second-order valence-electron chi connectivity index (χ2n) is 7.94. The maximum Gasteiger partial charge on any atom is 0.429 e. The van der Waals surface area contributed by atoms with Crippen LogP contribution >= 0.6 is 11.6 Å². The Bertz CT molecular complexity index is 1140. The number of hydrogen-bond acceptors (Lipinski definition) is 5. The molecule has 1 aromatic carbocycles. The lowest BCUT2D eigenvalue weighted by Gasteiger charge is -2.37. The molecule has 2 aliphatic heterocycles. The van der Waals surface area contributed by atoms with Crippen LogP contribution in [0.2, 0.25) is 5.02 Å². The highest BCUT2D eigenvalue weighted by molar-refractivity contribution is 6.38. The Morgan fingerprint density at radius 3 is 2.44 bits per heavy atom. The fraction of sp³-hybridized carbons (Fsp3) is 0.450. The number of hydrogen-bond donors (Lipinski definition) is 0. The monoisotopic (exact) mass is 471 g/mol. The molecule has 0 spiro atoms. The van der Waals surface area contributed by atoms with Crippen molar-refractivity contribution in [2.24, 2.45) is 0 Å². The third-order valence-corrected chi connectivity index (χ3v) is 6.19. The summed E-state index contributed by atoms with van der Waals surface area (Å²) in [5, 5.41) is 2.17. The second kappa shape index (κ2) is 7.29. The van der Waals surface area contributed by atoms with Gasteiger partial charge in [-0.05, 0) is 36.5 Å². The zero-order valence-electron chi connectivity index (χ0n) is 16.6. The van der Waals surface area contributed by atoms with E-state index < -0.39 is 41.0 Å². The van der Waals surface area contributed by atoms with Crippen molar-refractivity contribution in [3.05, 3.63) is 34.0 Å². The van der Waals surface area contributed by atoms with Gasteiger partial charge in [-0.15, -0.1) is 0 Å². The number of ether oxygens (including phenoxy) is 1. The van der Waals surface area contributed by atoms with Crippen LogP contribution in [0.4, 0.5) is 18.0 Å². The largest absolute Gasteiger partial charge is 0.449 e. The van der Waals surface area contributed by atoms with Crippen molar-refractivity contribution in [1.29, 1.82) is 0 Å². The van der Waals surface area contributed by atoms with Crippen LogP contribution in [0.1, 0.15) is 40.4 Å². The van der Waals surface area contributed by atoms with Gasteiger partial charge in [0.05, 0.1) is 23.7 Å². The number of carbonyl (C=O) groups is 3. The number of alkyl halides is 3. The summed E-state index contributed by atoms with van der Waals surface area (Å²) < 4.78 is 51.2. The molecule has 0 atom stereocenters. The van der Waals surface area contributed by atoms with Gasteiger partial charge in [-0.1, -0.05) is 11.6 Å². The first-order valence-corrected chi connectivity index (χ1v) is 10.4. The molecule has 2 saturated heterocycles. The van der Waals surface area contributed by atoms with Crippen LogP contribution in [0.5, 0.6) is 0 Å².